The number of nitrogens with zero attached hydrogens (tertiary/aromatic N) is 2. The Morgan fingerprint density at radius 2 is 1.89 bits per heavy atom. The molecule has 0 radical (unpaired) electrons. The molecule has 9 heteroatoms. The molecule has 0 atom stereocenters. The third-order valence-corrected chi connectivity index (χ3v) is 6.44. The van der Waals surface area contributed by atoms with Gasteiger partial charge in [0.25, 0.3) is 10.0 Å². The molecule has 0 saturated carbocycles. The van der Waals surface area contributed by atoms with Crippen molar-refractivity contribution in [3.8, 4) is 5.75 Å². The van der Waals surface area contributed by atoms with Crippen LogP contribution in [0, 0.1) is 6.92 Å². The van der Waals surface area contributed by atoms with Crippen LogP contribution in [0.2, 0.25) is 0 Å². The molecule has 0 aliphatic rings. The van der Waals surface area contributed by atoms with Gasteiger partial charge in [0.05, 0.1) is 28.8 Å². The van der Waals surface area contributed by atoms with Gasteiger partial charge in [0.2, 0.25) is 4.80 Å². The fourth-order valence-corrected chi connectivity index (χ4v) is 4.87. The number of aromatic nitrogens is 1. The molecule has 0 aliphatic carbocycles. The molecule has 3 rings (SSSR count). The van der Waals surface area contributed by atoms with Gasteiger partial charge in [-0.3, -0.25) is 4.79 Å². The Morgan fingerprint density at radius 1 is 1.18 bits per heavy atom. The zero-order valence-electron chi connectivity index (χ0n) is 15.7. The monoisotopic (exact) mass is 420 g/mol. The van der Waals surface area contributed by atoms with Crippen molar-refractivity contribution in [3.05, 3.63) is 52.8 Å². The molecule has 28 heavy (non-hydrogen) atoms. The number of carbonyl (C=O) groups is 1. The van der Waals surface area contributed by atoms with E-state index in [1.165, 1.54) is 23.5 Å². The minimum atomic E-state index is -3.93. The summed E-state index contributed by atoms with van der Waals surface area (Å²) in [6.07, 6.45) is 0. The van der Waals surface area contributed by atoms with E-state index < -0.39 is 16.0 Å². The summed E-state index contributed by atoms with van der Waals surface area (Å²) in [6.45, 7) is 3.69. The van der Waals surface area contributed by atoms with Crippen LogP contribution < -0.4 is 9.54 Å². The van der Waals surface area contributed by atoms with E-state index in [4.69, 9.17) is 9.47 Å². The van der Waals surface area contributed by atoms with E-state index in [1.807, 2.05) is 6.92 Å². The normalized spacial score (nSPS) is 12.3. The van der Waals surface area contributed by atoms with Crippen molar-refractivity contribution in [2.75, 3.05) is 13.7 Å². The van der Waals surface area contributed by atoms with Crippen LogP contribution in [0.4, 0.5) is 0 Å². The lowest BCUT2D eigenvalue weighted by atomic mass is 10.2. The number of methoxy groups -OCH3 is 1. The molecule has 0 spiro atoms. The molecular weight excluding hydrogens is 400 g/mol. The van der Waals surface area contributed by atoms with Crippen LogP contribution >= 0.6 is 11.3 Å². The quantitative estimate of drug-likeness (QED) is 0.572. The number of hydrogen-bond donors (Lipinski definition) is 0. The zero-order chi connectivity index (χ0) is 20.3. The van der Waals surface area contributed by atoms with Crippen molar-refractivity contribution in [1.29, 1.82) is 0 Å². The second-order valence-corrected chi connectivity index (χ2v) is 8.60. The van der Waals surface area contributed by atoms with E-state index in [0.29, 0.717) is 11.3 Å². The van der Waals surface area contributed by atoms with Crippen LogP contribution in [0.25, 0.3) is 10.2 Å². The number of hydrogen-bond acceptors (Lipinski definition) is 6. The van der Waals surface area contributed by atoms with Gasteiger partial charge in [-0.15, -0.1) is 4.40 Å². The highest BCUT2D eigenvalue weighted by molar-refractivity contribution is 7.90. The first-order valence-electron chi connectivity index (χ1n) is 8.54. The summed E-state index contributed by atoms with van der Waals surface area (Å²) in [7, 11) is -2.38. The molecule has 0 aliphatic heterocycles. The van der Waals surface area contributed by atoms with E-state index in [0.717, 1.165) is 10.3 Å². The molecule has 0 N–H and O–H groups in total. The van der Waals surface area contributed by atoms with Crippen LogP contribution in [0.3, 0.4) is 0 Å². The van der Waals surface area contributed by atoms with Gasteiger partial charge in [-0.2, -0.15) is 8.42 Å². The summed E-state index contributed by atoms with van der Waals surface area (Å²) in [6, 6.07) is 11.7. The first kappa shape index (κ1) is 20.1. The van der Waals surface area contributed by atoms with E-state index in [1.54, 1.807) is 48.9 Å². The van der Waals surface area contributed by atoms with Gasteiger partial charge in [0.1, 0.15) is 12.3 Å². The topological polar surface area (TPSA) is 87.0 Å². The number of aryl methyl sites for hydroxylation is 1. The Bertz CT molecular complexity index is 1180. The Balaban J connectivity index is 2.18. The third kappa shape index (κ3) is 4.26. The molecular formula is C19H20N2O5S2. The molecule has 0 fully saturated rings. The first-order valence-corrected chi connectivity index (χ1v) is 10.8. The SMILES string of the molecule is CCOC(=O)Cn1c(=NS(=O)(=O)c2ccc(C)cc2)sc2cc(OC)ccc21. The number of carbonyl (C=O) groups excluding carboxylic acids is 1. The predicted molar refractivity (Wildman–Crippen MR) is 107 cm³/mol. The highest BCUT2D eigenvalue weighted by Crippen LogP contribution is 2.24. The lowest BCUT2D eigenvalue weighted by molar-refractivity contribution is -0.143. The molecule has 0 amide bonds. The summed E-state index contributed by atoms with van der Waals surface area (Å²) < 4.78 is 42.1. The van der Waals surface area contributed by atoms with Crippen LogP contribution in [0.5, 0.6) is 5.75 Å². The maximum Gasteiger partial charge on any atom is 0.326 e. The number of rotatable bonds is 6. The van der Waals surface area contributed by atoms with Gasteiger partial charge >= 0.3 is 5.97 Å². The fraction of sp³-hybridized carbons (Fsp3) is 0.263. The van der Waals surface area contributed by atoms with E-state index in [9.17, 15) is 13.2 Å². The maximum atomic E-state index is 12.8. The molecule has 148 valence electrons. The lowest BCUT2D eigenvalue weighted by Gasteiger charge is -2.06. The minimum absolute atomic E-state index is 0.0934. The Labute approximate surface area is 166 Å². The van der Waals surface area contributed by atoms with Crippen molar-refractivity contribution in [2.45, 2.75) is 25.3 Å². The summed E-state index contributed by atoms with van der Waals surface area (Å²) in [5.74, 6) is 0.164. The van der Waals surface area contributed by atoms with Crippen molar-refractivity contribution in [3.63, 3.8) is 0 Å². The molecule has 2 aromatic carbocycles. The number of thiazole rings is 1. The molecule has 0 bridgehead atoms. The van der Waals surface area contributed by atoms with Crippen LogP contribution in [0.1, 0.15) is 12.5 Å². The van der Waals surface area contributed by atoms with Crippen molar-refractivity contribution in [1.82, 2.24) is 4.57 Å². The molecule has 7 nitrogen and oxygen atoms in total. The van der Waals surface area contributed by atoms with Crippen molar-refractivity contribution in [2.24, 2.45) is 4.40 Å². The molecule has 3 aromatic rings. The highest BCUT2D eigenvalue weighted by atomic mass is 32.2. The summed E-state index contributed by atoms with van der Waals surface area (Å²) >= 11 is 1.17. The largest absolute Gasteiger partial charge is 0.497 e. The van der Waals surface area contributed by atoms with Gasteiger partial charge in [-0.25, -0.2) is 0 Å². The van der Waals surface area contributed by atoms with Crippen molar-refractivity contribution < 1.29 is 22.7 Å². The molecule has 1 heterocycles. The summed E-state index contributed by atoms with van der Waals surface area (Å²) in [4.78, 5) is 12.3. The number of esters is 1. The molecule has 0 saturated heterocycles. The maximum absolute atomic E-state index is 12.8. The van der Waals surface area contributed by atoms with E-state index in [2.05, 4.69) is 4.40 Å². The third-order valence-electron chi connectivity index (χ3n) is 4.00. The summed E-state index contributed by atoms with van der Waals surface area (Å²) in [5, 5.41) is 0. The van der Waals surface area contributed by atoms with Gasteiger partial charge in [-0.1, -0.05) is 29.0 Å². The average molecular weight is 421 g/mol. The number of benzene rings is 2. The fourth-order valence-electron chi connectivity index (χ4n) is 2.60. The van der Waals surface area contributed by atoms with Crippen LogP contribution in [-0.4, -0.2) is 32.7 Å². The second kappa shape index (κ2) is 8.15. The van der Waals surface area contributed by atoms with E-state index in [-0.39, 0.29) is 22.8 Å². The Kier molecular flexibility index (Phi) is 5.85. The smallest absolute Gasteiger partial charge is 0.326 e. The van der Waals surface area contributed by atoms with E-state index >= 15 is 0 Å². The summed E-state index contributed by atoms with van der Waals surface area (Å²) in [5.41, 5.74) is 1.63. The average Bonchev–Trinajstić information content (AvgIpc) is 2.97. The Morgan fingerprint density at radius 3 is 2.54 bits per heavy atom. The predicted octanol–water partition coefficient (Wildman–Crippen LogP) is 2.87. The van der Waals surface area contributed by atoms with Crippen LogP contribution in [0.15, 0.2) is 51.8 Å². The van der Waals surface area contributed by atoms with Gasteiger partial charge in [-0.05, 0) is 44.2 Å². The van der Waals surface area contributed by atoms with Crippen molar-refractivity contribution >= 4 is 37.5 Å². The number of fused-ring (bicyclic) bond motifs is 1. The lowest BCUT2D eigenvalue weighted by Crippen LogP contribution is -2.23. The van der Waals surface area contributed by atoms with Gasteiger partial charge in [0.15, 0.2) is 0 Å². The standard InChI is InChI=1S/C19H20N2O5S2/c1-4-26-18(22)12-21-16-10-7-14(25-3)11-17(16)27-19(21)20-28(23,24)15-8-5-13(2)6-9-15/h5-11H,4,12H2,1-3H3. The second-order valence-electron chi connectivity index (χ2n) is 5.99. The highest BCUT2D eigenvalue weighted by Gasteiger charge is 2.17. The molecule has 1 aromatic heterocycles. The number of ether oxygens (including phenoxy) is 2. The molecule has 0 unspecified atom stereocenters. The van der Waals surface area contributed by atoms with Crippen LogP contribution in [-0.2, 0) is 26.1 Å². The number of sulfonamides is 1. The van der Waals surface area contributed by atoms with Gasteiger partial charge < -0.3 is 14.0 Å². The zero-order valence-corrected chi connectivity index (χ0v) is 17.3. The Hall–Kier alpha value is -2.65. The minimum Gasteiger partial charge on any atom is -0.497 e. The first-order chi connectivity index (χ1) is 13.3. The van der Waals surface area contributed by atoms with Gasteiger partial charge in [0, 0.05) is 0 Å².